The minimum absolute atomic E-state index is 0.187. The molecule has 100 valence electrons. The lowest BCUT2D eigenvalue weighted by atomic mass is 10.1. The largest absolute Gasteiger partial charge is 0.393 e. The number of nitrogens with two attached hydrogens (primary N) is 1. The van der Waals surface area contributed by atoms with Crippen LogP contribution in [0.4, 0.5) is 10.9 Å². The van der Waals surface area contributed by atoms with E-state index >= 15 is 0 Å². The zero-order chi connectivity index (χ0) is 13.1. The monoisotopic (exact) mass is 270 g/mol. The molecule has 0 aliphatic heterocycles. The van der Waals surface area contributed by atoms with Gasteiger partial charge < -0.3 is 21.5 Å². The quantitative estimate of drug-likeness (QED) is 0.644. The maximum atomic E-state index is 11.9. The molecule has 18 heavy (non-hydrogen) atoms. The van der Waals surface area contributed by atoms with Crippen LogP contribution >= 0.6 is 11.3 Å². The molecule has 0 radical (unpaired) electrons. The second-order valence-electron chi connectivity index (χ2n) is 4.53. The van der Waals surface area contributed by atoms with Gasteiger partial charge in [-0.1, -0.05) is 11.3 Å². The summed E-state index contributed by atoms with van der Waals surface area (Å²) in [6, 6.07) is 0. The van der Waals surface area contributed by atoms with Gasteiger partial charge in [-0.05, 0) is 25.2 Å². The van der Waals surface area contributed by atoms with Gasteiger partial charge in [0.1, 0.15) is 10.7 Å². The molecule has 0 spiro atoms. The highest BCUT2D eigenvalue weighted by Gasteiger charge is 2.24. The number of aliphatic hydroxyl groups is 1. The van der Waals surface area contributed by atoms with Crippen molar-refractivity contribution in [1.29, 1.82) is 0 Å². The molecule has 1 heterocycles. The Balaban J connectivity index is 1.89. The maximum absolute atomic E-state index is 11.9. The van der Waals surface area contributed by atoms with Crippen molar-refractivity contribution in [3.8, 4) is 0 Å². The first-order valence-electron chi connectivity index (χ1n) is 6.00. The molecule has 7 heteroatoms. The summed E-state index contributed by atoms with van der Waals surface area (Å²) < 4.78 is 0. The zero-order valence-electron chi connectivity index (χ0n) is 10.3. The number of hydrogen-bond donors (Lipinski definition) is 4. The Bertz CT molecular complexity index is 435. The summed E-state index contributed by atoms with van der Waals surface area (Å²) in [6.45, 7) is 0.585. The van der Waals surface area contributed by atoms with Gasteiger partial charge in [0, 0.05) is 13.6 Å². The van der Waals surface area contributed by atoms with Crippen LogP contribution in [0.5, 0.6) is 0 Å². The van der Waals surface area contributed by atoms with Crippen molar-refractivity contribution in [2.24, 2.45) is 5.92 Å². The summed E-state index contributed by atoms with van der Waals surface area (Å²) >= 11 is 1.24. The van der Waals surface area contributed by atoms with Gasteiger partial charge in [-0.15, -0.1) is 0 Å². The van der Waals surface area contributed by atoms with Gasteiger partial charge in [-0.2, -0.15) is 0 Å². The summed E-state index contributed by atoms with van der Waals surface area (Å²) in [5.41, 5.74) is 5.68. The summed E-state index contributed by atoms with van der Waals surface area (Å²) in [5, 5.41) is 15.8. The highest BCUT2D eigenvalue weighted by molar-refractivity contribution is 7.18. The van der Waals surface area contributed by atoms with Crippen LogP contribution in [0.2, 0.25) is 0 Å². The third kappa shape index (κ3) is 2.91. The summed E-state index contributed by atoms with van der Waals surface area (Å²) in [4.78, 5) is 16.4. The van der Waals surface area contributed by atoms with E-state index in [2.05, 4.69) is 15.6 Å². The topological polar surface area (TPSA) is 100 Å². The van der Waals surface area contributed by atoms with E-state index in [1.165, 1.54) is 11.3 Å². The summed E-state index contributed by atoms with van der Waals surface area (Å²) in [7, 11) is 1.74. The van der Waals surface area contributed by atoms with Crippen molar-refractivity contribution in [2.75, 3.05) is 24.6 Å². The van der Waals surface area contributed by atoms with E-state index in [0.29, 0.717) is 22.5 Å². The third-order valence-electron chi connectivity index (χ3n) is 3.14. The number of nitrogens with one attached hydrogen (secondary N) is 2. The average molecular weight is 270 g/mol. The van der Waals surface area contributed by atoms with Crippen LogP contribution in [0.15, 0.2) is 0 Å². The van der Waals surface area contributed by atoms with Gasteiger partial charge in [0.05, 0.1) is 6.10 Å². The molecule has 1 aliphatic rings. The molecule has 0 aromatic carbocycles. The van der Waals surface area contributed by atoms with E-state index in [1.807, 2.05) is 0 Å². The van der Waals surface area contributed by atoms with Crippen LogP contribution in [0.25, 0.3) is 0 Å². The van der Waals surface area contributed by atoms with Crippen molar-refractivity contribution < 1.29 is 9.90 Å². The van der Waals surface area contributed by atoms with Gasteiger partial charge in [0.15, 0.2) is 5.13 Å². The molecule has 1 fully saturated rings. The smallest absolute Gasteiger partial charge is 0.265 e. The number of carbonyl (C=O) groups excluding carboxylic acids is 1. The second-order valence-corrected chi connectivity index (χ2v) is 5.53. The zero-order valence-corrected chi connectivity index (χ0v) is 11.1. The van der Waals surface area contributed by atoms with Crippen LogP contribution in [0.1, 0.15) is 28.9 Å². The van der Waals surface area contributed by atoms with Crippen molar-refractivity contribution >= 4 is 28.2 Å². The lowest BCUT2D eigenvalue weighted by Crippen LogP contribution is -2.28. The molecule has 2 rings (SSSR count). The lowest BCUT2D eigenvalue weighted by molar-refractivity contribution is 0.0950. The van der Waals surface area contributed by atoms with Gasteiger partial charge in [0.25, 0.3) is 5.91 Å². The second kappa shape index (κ2) is 5.53. The van der Waals surface area contributed by atoms with Gasteiger partial charge >= 0.3 is 0 Å². The molecule has 0 bridgehead atoms. The maximum Gasteiger partial charge on any atom is 0.265 e. The van der Waals surface area contributed by atoms with E-state index < -0.39 is 0 Å². The molecule has 0 saturated heterocycles. The molecule has 1 aromatic heterocycles. The van der Waals surface area contributed by atoms with E-state index in [4.69, 9.17) is 5.73 Å². The van der Waals surface area contributed by atoms with E-state index in [9.17, 15) is 9.90 Å². The number of aromatic nitrogens is 1. The van der Waals surface area contributed by atoms with Crippen LogP contribution in [0, 0.1) is 5.92 Å². The fourth-order valence-electron chi connectivity index (χ4n) is 2.15. The Morgan fingerprint density at radius 2 is 2.39 bits per heavy atom. The molecule has 6 nitrogen and oxygen atoms in total. The number of thiazole rings is 1. The lowest BCUT2D eigenvalue weighted by Gasteiger charge is -2.10. The predicted octanol–water partition coefficient (Wildman–Crippen LogP) is 0.658. The van der Waals surface area contributed by atoms with E-state index in [1.54, 1.807) is 7.05 Å². The molecule has 1 saturated carbocycles. The number of carbonyl (C=O) groups is 1. The van der Waals surface area contributed by atoms with Crippen molar-refractivity contribution in [1.82, 2.24) is 10.3 Å². The Hall–Kier alpha value is -1.34. The minimum atomic E-state index is -0.212. The van der Waals surface area contributed by atoms with Crippen molar-refractivity contribution in [3.63, 3.8) is 0 Å². The summed E-state index contributed by atoms with van der Waals surface area (Å²) in [6.07, 6.45) is 2.34. The standard InChI is InChI=1S/C11H18N4O2S/c1-13-11-15-9(12)8(18-11)10(17)14-5-6-2-3-7(16)4-6/h6-7,16H,2-5,12H2,1H3,(H,13,15)(H,14,17). The van der Waals surface area contributed by atoms with E-state index in [-0.39, 0.29) is 17.8 Å². The molecule has 1 amide bonds. The fourth-order valence-corrected chi connectivity index (χ4v) is 2.91. The van der Waals surface area contributed by atoms with Gasteiger partial charge in [0.2, 0.25) is 0 Å². The minimum Gasteiger partial charge on any atom is -0.393 e. The van der Waals surface area contributed by atoms with Crippen molar-refractivity contribution in [3.05, 3.63) is 4.88 Å². The molecule has 5 N–H and O–H groups in total. The van der Waals surface area contributed by atoms with Crippen LogP contribution < -0.4 is 16.4 Å². The first kappa shape index (κ1) is 13.1. The predicted molar refractivity (Wildman–Crippen MR) is 71.8 cm³/mol. The Labute approximate surface area is 110 Å². The van der Waals surface area contributed by atoms with Crippen molar-refractivity contribution in [2.45, 2.75) is 25.4 Å². The Morgan fingerprint density at radius 1 is 1.61 bits per heavy atom. The summed E-state index contributed by atoms with van der Waals surface area (Å²) in [5.74, 6) is 0.433. The first-order valence-corrected chi connectivity index (χ1v) is 6.82. The number of anilines is 2. The molecular weight excluding hydrogens is 252 g/mol. The normalized spacial score (nSPS) is 23.0. The molecule has 2 atom stereocenters. The van der Waals surface area contributed by atoms with Gasteiger partial charge in [-0.25, -0.2) is 4.98 Å². The van der Waals surface area contributed by atoms with Gasteiger partial charge in [-0.3, -0.25) is 4.79 Å². The SMILES string of the molecule is CNc1nc(N)c(C(=O)NCC2CCC(O)C2)s1. The number of hydrogen-bond acceptors (Lipinski definition) is 6. The molecular formula is C11H18N4O2S. The molecule has 1 aromatic rings. The number of nitrogens with zero attached hydrogens (tertiary/aromatic N) is 1. The van der Waals surface area contributed by atoms with Crippen LogP contribution in [-0.4, -0.2) is 35.7 Å². The Morgan fingerprint density at radius 3 is 2.94 bits per heavy atom. The number of rotatable bonds is 4. The number of aliphatic hydroxyl groups excluding tert-OH is 1. The van der Waals surface area contributed by atoms with Crippen LogP contribution in [0.3, 0.4) is 0 Å². The first-order chi connectivity index (χ1) is 8.60. The third-order valence-corrected chi connectivity index (χ3v) is 4.23. The Kier molecular flexibility index (Phi) is 4.03. The molecule has 2 unspecified atom stereocenters. The average Bonchev–Trinajstić information content (AvgIpc) is 2.92. The molecule has 1 aliphatic carbocycles. The highest BCUT2D eigenvalue weighted by atomic mass is 32.1. The number of amides is 1. The van der Waals surface area contributed by atoms with Crippen LogP contribution in [-0.2, 0) is 0 Å². The van der Waals surface area contributed by atoms with E-state index in [0.717, 1.165) is 19.3 Å². The highest BCUT2D eigenvalue weighted by Crippen LogP contribution is 2.26. The fraction of sp³-hybridized carbons (Fsp3) is 0.636. The number of nitrogen functional groups attached to an aromatic ring is 1.